The number of benzene rings is 4. The summed E-state index contributed by atoms with van der Waals surface area (Å²) in [5.41, 5.74) is 2.42. The van der Waals surface area contributed by atoms with Gasteiger partial charge in [-0.3, -0.25) is 4.79 Å². The number of nitrogens with zero attached hydrogens (tertiary/aromatic N) is 1. The molecule has 4 aromatic rings. The fourth-order valence-corrected chi connectivity index (χ4v) is 7.95. The van der Waals surface area contributed by atoms with Crippen LogP contribution >= 0.6 is 23.2 Å². The quantitative estimate of drug-likeness (QED) is 0.147. The van der Waals surface area contributed by atoms with Crippen LogP contribution in [0.2, 0.25) is 10.0 Å². The van der Waals surface area contributed by atoms with Crippen LogP contribution in [0.15, 0.2) is 84.9 Å². The number of carboxylic acid groups (broad SMARTS) is 2. The maximum Gasteiger partial charge on any atom is 0.335 e. The summed E-state index contributed by atoms with van der Waals surface area (Å²) in [6.07, 6.45) is 0.659. The molecule has 1 amide bonds. The first kappa shape index (κ1) is 34.4. The lowest BCUT2D eigenvalue weighted by Gasteiger charge is -2.40. The molecule has 254 valence electrons. The summed E-state index contributed by atoms with van der Waals surface area (Å²) in [6, 6.07) is 22.2. The predicted molar refractivity (Wildman–Crippen MR) is 189 cm³/mol. The summed E-state index contributed by atoms with van der Waals surface area (Å²) in [5, 5.41) is 26.2. The third-order valence-corrected chi connectivity index (χ3v) is 10.1. The number of carbonyl (C=O) groups excluding carboxylic acids is 1. The normalized spacial score (nSPS) is 21.5. The Bertz CT molecular complexity index is 1950. The Labute approximate surface area is 293 Å². The minimum atomic E-state index is -1.28. The van der Waals surface area contributed by atoms with E-state index in [1.54, 1.807) is 30.3 Å². The topological polar surface area (TPSA) is 119 Å². The summed E-state index contributed by atoms with van der Waals surface area (Å²) in [5.74, 6) is -4.18. The van der Waals surface area contributed by atoms with Crippen LogP contribution in [0.5, 0.6) is 0 Å². The minimum Gasteiger partial charge on any atom is -0.478 e. The van der Waals surface area contributed by atoms with Crippen molar-refractivity contribution in [2.75, 3.05) is 16.8 Å². The molecule has 6 rings (SSSR count). The summed E-state index contributed by atoms with van der Waals surface area (Å²) in [7, 11) is 0. The van der Waals surface area contributed by atoms with Gasteiger partial charge in [-0.2, -0.15) is 0 Å². The molecule has 2 aliphatic rings. The highest BCUT2D eigenvalue weighted by Gasteiger charge is 2.62. The monoisotopic (exact) mass is 703 g/mol. The number of nitrogens with one attached hydrogen (secondary N) is 2. The number of hydrogen-bond donors (Lipinski definition) is 4. The van der Waals surface area contributed by atoms with E-state index < -0.39 is 41.0 Å². The maximum atomic E-state index is 15.1. The molecule has 0 aromatic heterocycles. The first-order valence-corrected chi connectivity index (χ1v) is 16.6. The second-order valence-electron chi connectivity index (χ2n) is 14.0. The van der Waals surface area contributed by atoms with E-state index in [1.165, 1.54) is 12.1 Å². The molecule has 0 radical (unpaired) electrons. The molecule has 1 fully saturated rings. The molecule has 4 atom stereocenters. The number of amides is 1. The van der Waals surface area contributed by atoms with Gasteiger partial charge in [-0.05, 0) is 83.1 Å². The minimum absolute atomic E-state index is 0.135. The van der Waals surface area contributed by atoms with Gasteiger partial charge in [0.2, 0.25) is 5.91 Å². The van der Waals surface area contributed by atoms with Crippen LogP contribution in [0.1, 0.15) is 70.5 Å². The molecular weight excluding hydrogens is 668 g/mol. The second kappa shape index (κ2) is 13.1. The standard InChI is InChI=1S/C38H36Cl2FN3O5/c1-37(2,3)18-31-38(20-44(30-15-13-24(39)17-26(30)38)19-21-8-10-22(11-9-21)35(46)47)32(25-6-4-5-7-27(25)40)33(43-31)34(45)42-29-14-12-23(36(48)49)16-28(29)41/h4-17,31-33,43H,18-20H2,1-3H3,(H,42,45)(H,46,47)(H,48,49)/t31-,32-,33+,38-/m0/s1. The number of carboxylic acids is 2. The molecule has 0 unspecified atom stereocenters. The highest BCUT2D eigenvalue weighted by Crippen LogP contribution is 2.58. The van der Waals surface area contributed by atoms with Crippen molar-refractivity contribution >= 4 is 52.4 Å². The highest BCUT2D eigenvalue weighted by atomic mass is 35.5. The fourth-order valence-electron chi connectivity index (χ4n) is 7.52. The van der Waals surface area contributed by atoms with Crippen molar-refractivity contribution in [2.45, 2.75) is 57.2 Å². The first-order valence-electron chi connectivity index (χ1n) is 15.9. The van der Waals surface area contributed by atoms with Crippen molar-refractivity contribution in [1.82, 2.24) is 5.32 Å². The van der Waals surface area contributed by atoms with E-state index in [4.69, 9.17) is 23.2 Å². The predicted octanol–water partition coefficient (Wildman–Crippen LogP) is 7.99. The van der Waals surface area contributed by atoms with E-state index in [1.807, 2.05) is 36.4 Å². The van der Waals surface area contributed by atoms with Gasteiger partial charge >= 0.3 is 11.9 Å². The highest BCUT2D eigenvalue weighted by molar-refractivity contribution is 6.31. The van der Waals surface area contributed by atoms with Crippen molar-refractivity contribution in [3.05, 3.63) is 129 Å². The average molecular weight is 705 g/mol. The van der Waals surface area contributed by atoms with Crippen molar-refractivity contribution in [3.8, 4) is 0 Å². The second-order valence-corrected chi connectivity index (χ2v) is 14.9. The Kier molecular flexibility index (Phi) is 9.21. The van der Waals surface area contributed by atoms with Gasteiger partial charge in [0.15, 0.2) is 0 Å². The van der Waals surface area contributed by atoms with Gasteiger partial charge < -0.3 is 25.7 Å². The Morgan fingerprint density at radius 3 is 2.24 bits per heavy atom. The van der Waals surface area contributed by atoms with Crippen LogP contribution in [-0.4, -0.2) is 46.7 Å². The lowest BCUT2D eigenvalue weighted by atomic mass is 9.63. The Hall–Kier alpha value is -4.44. The molecule has 2 aliphatic heterocycles. The van der Waals surface area contributed by atoms with Crippen molar-refractivity contribution in [2.24, 2.45) is 5.41 Å². The van der Waals surface area contributed by atoms with Crippen molar-refractivity contribution in [1.29, 1.82) is 0 Å². The molecule has 49 heavy (non-hydrogen) atoms. The zero-order valence-electron chi connectivity index (χ0n) is 27.1. The fraction of sp³-hybridized carbons (Fsp3) is 0.289. The van der Waals surface area contributed by atoms with Crippen LogP contribution in [0, 0.1) is 11.2 Å². The molecule has 8 nitrogen and oxygen atoms in total. The van der Waals surface area contributed by atoms with Crippen molar-refractivity contribution < 1.29 is 29.0 Å². The number of anilines is 2. The van der Waals surface area contributed by atoms with Gasteiger partial charge in [-0.15, -0.1) is 0 Å². The van der Waals surface area contributed by atoms with E-state index in [2.05, 4.69) is 36.3 Å². The number of halogens is 3. The van der Waals surface area contributed by atoms with Crippen LogP contribution in [0.25, 0.3) is 0 Å². The number of hydrogen-bond acceptors (Lipinski definition) is 5. The molecule has 0 saturated carbocycles. The summed E-state index contributed by atoms with van der Waals surface area (Å²) < 4.78 is 15.1. The lowest BCUT2D eigenvalue weighted by Crippen LogP contribution is -2.48. The summed E-state index contributed by atoms with van der Waals surface area (Å²) >= 11 is 13.7. The van der Waals surface area contributed by atoms with Gasteiger partial charge in [0, 0.05) is 46.2 Å². The van der Waals surface area contributed by atoms with Gasteiger partial charge in [-0.1, -0.05) is 74.3 Å². The first-order chi connectivity index (χ1) is 23.2. The molecular formula is C38H36Cl2FN3O5. The Morgan fingerprint density at radius 2 is 1.61 bits per heavy atom. The molecule has 1 saturated heterocycles. The smallest absolute Gasteiger partial charge is 0.335 e. The number of rotatable bonds is 8. The van der Waals surface area contributed by atoms with E-state index >= 15 is 4.39 Å². The van der Waals surface area contributed by atoms with Crippen LogP contribution in [-0.2, 0) is 16.8 Å². The molecule has 1 spiro atoms. The number of fused-ring (bicyclic) bond motifs is 2. The SMILES string of the molecule is CC(C)(C)C[C@@H]1N[C@@H](C(=O)Nc2ccc(C(=O)O)cc2F)[C@H](c2ccccc2Cl)[C@]12CN(Cc1ccc(C(=O)O)cc1)c1ccc(Cl)cc12. The lowest BCUT2D eigenvalue weighted by molar-refractivity contribution is -0.118. The zero-order chi connectivity index (χ0) is 35.2. The van der Waals surface area contributed by atoms with E-state index in [-0.39, 0.29) is 28.3 Å². The maximum absolute atomic E-state index is 15.1. The third kappa shape index (κ3) is 6.63. The molecule has 11 heteroatoms. The summed E-state index contributed by atoms with van der Waals surface area (Å²) in [4.78, 5) is 39.5. The molecule has 4 N–H and O–H groups in total. The number of aromatic carboxylic acids is 2. The van der Waals surface area contributed by atoms with E-state index in [0.717, 1.165) is 28.4 Å². The molecule has 0 aliphatic carbocycles. The third-order valence-electron chi connectivity index (χ3n) is 9.53. The Morgan fingerprint density at radius 1 is 0.939 bits per heavy atom. The molecule has 0 bridgehead atoms. The number of carbonyl (C=O) groups is 3. The largest absolute Gasteiger partial charge is 0.478 e. The van der Waals surface area contributed by atoms with Gasteiger partial charge in [-0.25, -0.2) is 14.0 Å². The Balaban J connectivity index is 1.50. The zero-order valence-corrected chi connectivity index (χ0v) is 28.6. The molecule has 4 aromatic carbocycles. The average Bonchev–Trinajstić information content (AvgIpc) is 3.51. The summed E-state index contributed by atoms with van der Waals surface area (Å²) in [6.45, 7) is 7.34. The van der Waals surface area contributed by atoms with Crippen LogP contribution in [0.4, 0.5) is 15.8 Å². The van der Waals surface area contributed by atoms with E-state index in [9.17, 15) is 24.6 Å². The van der Waals surface area contributed by atoms with Crippen LogP contribution < -0.4 is 15.5 Å². The van der Waals surface area contributed by atoms with Gasteiger partial charge in [0.1, 0.15) is 5.82 Å². The van der Waals surface area contributed by atoms with Gasteiger partial charge in [0.05, 0.1) is 22.9 Å². The van der Waals surface area contributed by atoms with E-state index in [0.29, 0.717) is 29.6 Å². The molecule has 2 heterocycles. The van der Waals surface area contributed by atoms with Gasteiger partial charge in [0.25, 0.3) is 0 Å². The van der Waals surface area contributed by atoms with Crippen molar-refractivity contribution in [3.63, 3.8) is 0 Å². The van der Waals surface area contributed by atoms with Crippen LogP contribution in [0.3, 0.4) is 0 Å².